The Hall–Kier alpha value is -1.73. The van der Waals surface area contributed by atoms with Crippen LogP contribution in [-0.4, -0.2) is 39.3 Å². The van der Waals surface area contributed by atoms with Crippen molar-refractivity contribution in [1.29, 1.82) is 0 Å². The van der Waals surface area contributed by atoms with Gasteiger partial charge in [0.05, 0.1) is 19.0 Å². The average Bonchev–Trinajstić information content (AvgIpc) is 2.95. The minimum atomic E-state index is -0.0746. The summed E-state index contributed by atoms with van der Waals surface area (Å²) in [6.07, 6.45) is 4.09. The van der Waals surface area contributed by atoms with Crippen molar-refractivity contribution in [1.82, 2.24) is 19.5 Å². The summed E-state index contributed by atoms with van der Waals surface area (Å²) in [5, 5.41) is 0. The molecule has 2 aromatic heterocycles. The molecular formula is C12H17N5O2. The van der Waals surface area contributed by atoms with Gasteiger partial charge < -0.3 is 15.2 Å². The predicted molar refractivity (Wildman–Crippen MR) is 69.3 cm³/mol. The molecule has 19 heavy (non-hydrogen) atoms. The molecule has 0 spiro atoms. The third-order valence-electron chi connectivity index (χ3n) is 3.57. The van der Waals surface area contributed by atoms with Crippen LogP contribution in [0.25, 0.3) is 11.2 Å². The van der Waals surface area contributed by atoms with E-state index in [1.807, 2.05) is 4.57 Å². The first-order valence-corrected chi connectivity index (χ1v) is 6.28. The number of imidazole rings is 1. The molecule has 0 aliphatic carbocycles. The van der Waals surface area contributed by atoms with Crippen molar-refractivity contribution in [3.8, 4) is 0 Å². The van der Waals surface area contributed by atoms with E-state index in [2.05, 4.69) is 21.9 Å². The van der Waals surface area contributed by atoms with Crippen molar-refractivity contribution in [3.05, 3.63) is 12.7 Å². The summed E-state index contributed by atoms with van der Waals surface area (Å²) in [5.41, 5.74) is 7.11. The SMILES string of the molecule is COC[C@H]1O[C@@H](n2cnc3c(N)ncnc32)C[C@H]1C. The van der Waals surface area contributed by atoms with Gasteiger partial charge in [-0.3, -0.25) is 4.57 Å². The minimum absolute atomic E-state index is 0.0746. The second-order valence-electron chi connectivity index (χ2n) is 4.88. The summed E-state index contributed by atoms with van der Waals surface area (Å²) >= 11 is 0. The molecule has 3 rings (SSSR count). The number of anilines is 1. The molecule has 3 heterocycles. The summed E-state index contributed by atoms with van der Waals surface area (Å²) in [6, 6.07) is 0. The topological polar surface area (TPSA) is 88.1 Å². The molecule has 0 bridgehead atoms. The minimum Gasteiger partial charge on any atom is -0.382 e. The van der Waals surface area contributed by atoms with Crippen molar-refractivity contribution in [3.63, 3.8) is 0 Å². The molecule has 1 fully saturated rings. The number of hydrogen-bond acceptors (Lipinski definition) is 6. The standard InChI is InChI=1S/C12H17N5O2/c1-7-3-9(19-8(7)4-18-2)17-6-16-10-11(13)14-5-15-12(10)17/h5-9H,3-4H2,1-2H3,(H2,13,14,15)/t7-,8-,9-/m1/s1. The second kappa shape index (κ2) is 4.75. The van der Waals surface area contributed by atoms with E-state index in [1.165, 1.54) is 6.33 Å². The molecule has 2 N–H and O–H groups in total. The number of rotatable bonds is 3. The molecule has 0 aromatic carbocycles. The Balaban J connectivity index is 1.91. The lowest BCUT2D eigenvalue weighted by atomic mass is 10.0. The van der Waals surface area contributed by atoms with Crippen LogP contribution in [0.1, 0.15) is 19.6 Å². The average molecular weight is 263 g/mol. The van der Waals surface area contributed by atoms with Gasteiger partial charge in [-0.25, -0.2) is 15.0 Å². The number of nitrogen functional groups attached to an aromatic ring is 1. The van der Waals surface area contributed by atoms with Gasteiger partial charge in [0, 0.05) is 7.11 Å². The normalized spacial score (nSPS) is 27.2. The maximum Gasteiger partial charge on any atom is 0.167 e. The first-order valence-electron chi connectivity index (χ1n) is 6.28. The largest absolute Gasteiger partial charge is 0.382 e. The third kappa shape index (κ3) is 2.04. The Bertz CT molecular complexity index is 585. The predicted octanol–water partition coefficient (Wildman–Crippen LogP) is 0.978. The van der Waals surface area contributed by atoms with Crippen LogP contribution in [-0.2, 0) is 9.47 Å². The monoisotopic (exact) mass is 263 g/mol. The summed E-state index contributed by atoms with van der Waals surface area (Å²) in [6.45, 7) is 2.76. The van der Waals surface area contributed by atoms with Crippen LogP contribution >= 0.6 is 0 Å². The fourth-order valence-electron chi connectivity index (χ4n) is 2.49. The number of nitrogens with zero attached hydrogens (tertiary/aromatic N) is 4. The molecule has 7 nitrogen and oxygen atoms in total. The van der Waals surface area contributed by atoms with E-state index in [4.69, 9.17) is 15.2 Å². The van der Waals surface area contributed by atoms with Crippen LogP contribution in [0.5, 0.6) is 0 Å². The third-order valence-corrected chi connectivity index (χ3v) is 3.57. The summed E-state index contributed by atoms with van der Waals surface area (Å²) < 4.78 is 13.1. The number of nitrogens with two attached hydrogens (primary N) is 1. The smallest absolute Gasteiger partial charge is 0.167 e. The maximum absolute atomic E-state index is 6.00. The van der Waals surface area contributed by atoms with Crippen LogP contribution in [0.15, 0.2) is 12.7 Å². The summed E-state index contributed by atoms with van der Waals surface area (Å²) in [7, 11) is 1.68. The quantitative estimate of drug-likeness (QED) is 0.888. The van der Waals surface area contributed by atoms with E-state index < -0.39 is 0 Å². The van der Waals surface area contributed by atoms with Gasteiger partial charge >= 0.3 is 0 Å². The molecule has 0 amide bonds. The highest BCUT2D eigenvalue weighted by Crippen LogP contribution is 2.34. The Labute approximate surface area is 110 Å². The van der Waals surface area contributed by atoms with Crippen molar-refractivity contribution in [2.24, 2.45) is 5.92 Å². The number of ether oxygens (including phenoxy) is 2. The van der Waals surface area contributed by atoms with Gasteiger partial charge in [-0.15, -0.1) is 0 Å². The Morgan fingerprint density at radius 2 is 2.32 bits per heavy atom. The van der Waals surface area contributed by atoms with Gasteiger partial charge in [0.2, 0.25) is 0 Å². The molecule has 1 aliphatic rings. The fourth-order valence-corrected chi connectivity index (χ4v) is 2.49. The van der Waals surface area contributed by atoms with Gasteiger partial charge in [0.15, 0.2) is 11.5 Å². The number of fused-ring (bicyclic) bond motifs is 1. The van der Waals surface area contributed by atoms with E-state index in [-0.39, 0.29) is 12.3 Å². The van der Waals surface area contributed by atoms with Gasteiger partial charge in [0.25, 0.3) is 0 Å². The number of hydrogen-bond donors (Lipinski definition) is 1. The molecule has 0 unspecified atom stereocenters. The van der Waals surface area contributed by atoms with Crippen LogP contribution in [0.2, 0.25) is 0 Å². The Morgan fingerprint density at radius 1 is 1.47 bits per heavy atom. The van der Waals surface area contributed by atoms with Gasteiger partial charge in [0.1, 0.15) is 18.1 Å². The molecule has 3 atom stereocenters. The summed E-state index contributed by atoms with van der Waals surface area (Å²) in [4.78, 5) is 12.4. The van der Waals surface area contributed by atoms with Crippen LogP contribution < -0.4 is 5.73 Å². The number of aromatic nitrogens is 4. The first-order chi connectivity index (χ1) is 9.20. The summed E-state index contributed by atoms with van der Waals surface area (Å²) in [5.74, 6) is 0.824. The molecule has 1 saturated heterocycles. The molecule has 0 radical (unpaired) electrons. The number of methoxy groups -OCH3 is 1. The van der Waals surface area contributed by atoms with Crippen LogP contribution in [0, 0.1) is 5.92 Å². The molecule has 0 saturated carbocycles. The highest BCUT2D eigenvalue weighted by atomic mass is 16.5. The zero-order chi connectivity index (χ0) is 13.4. The van der Waals surface area contributed by atoms with E-state index in [1.54, 1.807) is 13.4 Å². The van der Waals surface area contributed by atoms with Crippen LogP contribution in [0.4, 0.5) is 5.82 Å². The zero-order valence-corrected chi connectivity index (χ0v) is 11.0. The van der Waals surface area contributed by atoms with Gasteiger partial charge in [-0.2, -0.15) is 0 Å². The van der Waals surface area contributed by atoms with Gasteiger partial charge in [-0.05, 0) is 12.3 Å². The van der Waals surface area contributed by atoms with Crippen molar-refractivity contribution in [2.75, 3.05) is 19.5 Å². The van der Waals surface area contributed by atoms with Crippen molar-refractivity contribution >= 4 is 17.0 Å². The molecule has 102 valence electrons. The highest BCUT2D eigenvalue weighted by molar-refractivity contribution is 5.81. The Morgan fingerprint density at radius 3 is 3.11 bits per heavy atom. The molecule has 2 aromatic rings. The zero-order valence-electron chi connectivity index (χ0n) is 11.0. The van der Waals surface area contributed by atoms with E-state index in [0.29, 0.717) is 29.5 Å². The lowest BCUT2D eigenvalue weighted by Gasteiger charge is -2.15. The molecule has 1 aliphatic heterocycles. The van der Waals surface area contributed by atoms with Crippen molar-refractivity contribution in [2.45, 2.75) is 25.7 Å². The van der Waals surface area contributed by atoms with E-state index in [0.717, 1.165) is 6.42 Å². The highest BCUT2D eigenvalue weighted by Gasteiger charge is 2.34. The van der Waals surface area contributed by atoms with E-state index >= 15 is 0 Å². The van der Waals surface area contributed by atoms with Crippen molar-refractivity contribution < 1.29 is 9.47 Å². The molecular weight excluding hydrogens is 246 g/mol. The van der Waals surface area contributed by atoms with E-state index in [9.17, 15) is 0 Å². The first kappa shape index (κ1) is 12.3. The lowest BCUT2D eigenvalue weighted by molar-refractivity contribution is -0.0372. The van der Waals surface area contributed by atoms with Crippen LogP contribution in [0.3, 0.4) is 0 Å². The lowest BCUT2D eigenvalue weighted by Crippen LogP contribution is -2.20. The molecule has 7 heteroatoms. The second-order valence-corrected chi connectivity index (χ2v) is 4.88. The Kier molecular flexibility index (Phi) is 3.08. The fraction of sp³-hybridized carbons (Fsp3) is 0.583. The maximum atomic E-state index is 6.00. The van der Waals surface area contributed by atoms with Gasteiger partial charge in [-0.1, -0.05) is 6.92 Å².